The number of hydrogen-bond donors (Lipinski definition) is 1. The predicted molar refractivity (Wildman–Crippen MR) is 99.2 cm³/mol. The van der Waals surface area contributed by atoms with Crippen LogP contribution in [0.4, 0.5) is 4.39 Å². The van der Waals surface area contributed by atoms with Crippen LogP contribution in [0.25, 0.3) is 11.3 Å². The van der Waals surface area contributed by atoms with Crippen LogP contribution in [0.5, 0.6) is 0 Å². The molecule has 26 heavy (non-hydrogen) atoms. The van der Waals surface area contributed by atoms with Crippen LogP contribution in [0.3, 0.4) is 0 Å². The Labute approximate surface area is 151 Å². The first-order valence-electron chi connectivity index (χ1n) is 8.81. The Hall–Kier alpha value is -3.01. The first-order valence-corrected chi connectivity index (χ1v) is 8.81. The van der Waals surface area contributed by atoms with Crippen LogP contribution < -0.4 is 5.32 Å². The smallest absolute Gasteiger partial charge is 0.253 e. The molecule has 3 aromatic rings. The molecule has 1 unspecified atom stereocenters. The van der Waals surface area contributed by atoms with E-state index in [0.29, 0.717) is 16.8 Å². The van der Waals surface area contributed by atoms with Gasteiger partial charge >= 0.3 is 0 Å². The summed E-state index contributed by atoms with van der Waals surface area (Å²) in [5.74, 6) is -0.438. The SMILES string of the molecule is O=C(NC1CCCc2ccccc21)c1ccc(-c2cccc(F)c2)nc1. The van der Waals surface area contributed by atoms with Crippen molar-refractivity contribution in [3.05, 3.63) is 89.4 Å². The van der Waals surface area contributed by atoms with Gasteiger partial charge in [-0.05, 0) is 54.7 Å². The molecule has 1 heterocycles. The summed E-state index contributed by atoms with van der Waals surface area (Å²) in [6.07, 6.45) is 4.62. The summed E-state index contributed by atoms with van der Waals surface area (Å²) in [4.78, 5) is 16.9. The number of pyridine rings is 1. The Morgan fingerprint density at radius 1 is 1.08 bits per heavy atom. The maximum Gasteiger partial charge on any atom is 0.253 e. The summed E-state index contributed by atoms with van der Waals surface area (Å²) in [6, 6.07) is 18.1. The lowest BCUT2D eigenvalue weighted by Gasteiger charge is -2.26. The number of rotatable bonds is 3. The maximum atomic E-state index is 13.4. The summed E-state index contributed by atoms with van der Waals surface area (Å²) in [6.45, 7) is 0. The predicted octanol–water partition coefficient (Wildman–Crippen LogP) is 4.70. The summed E-state index contributed by atoms with van der Waals surface area (Å²) >= 11 is 0. The molecule has 1 aromatic heterocycles. The number of carbonyl (C=O) groups excluding carboxylic acids is 1. The third-order valence-corrected chi connectivity index (χ3v) is 4.82. The van der Waals surface area contributed by atoms with Crippen molar-refractivity contribution in [2.75, 3.05) is 0 Å². The molecule has 4 heteroatoms. The van der Waals surface area contributed by atoms with Crippen LogP contribution in [0.2, 0.25) is 0 Å². The van der Waals surface area contributed by atoms with Gasteiger partial charge in [-0.3, -0.25) is 9.78 Å². The Morgan fingerprint density at radius 3 is 2.77 bits per heavy atom. The van der Waals surface area contributed by atoms with Crippen molar-refractivity contribution < 1.29 is 9.18 Å². The van der Waals surface area contributed by atoms with Crippen molar-refractivity contribution in [3.63, 3.8) is 0 Å². The van der Waals surface area contributed by atoms with Crippen LogP contribution in [0.1, 0.15) is 40.4 Å². The molecule has 0 spiro atoms. The van der Waals surface area contributed by atoms with E-state index in [9.17, 15) is 9.18 Å². The molecule has 3 nitrogen and oxygen atoms in total. The van der Waals surface area contributed by atoms with Gasteiger partial charge in [-0.15, -0.1) is 0 Å². The topological polar surface area (TPSA) is 42.0 Å². The molecule has 0 fully saturated rings. The fraction of sp³-hybridized carbons (Fsp3) is 0.182. The summed E-state index contributed by atoms with van der Waals surface area (Å²) < 4.78 is 13.4. The molecule has 0 bridgehead atoms. The Bertz CT molecular complexity index is 937. The highest BCUT2D eigenvalue weighted by molar-refractivity contribution is 5.94. The van der Waals surface area contributed by atoms with Crippen molar-refractivity contribution in [1.29, 1.82) is 0 Å². The van der Waals surface area contributed by atoms with Crippen LogP contribution in [-0.4, -0.2) is 10.9 Å². The van der Waals surface area contributed by atoms with Crippen molar-refractivity contribution >= 4 is 5.91 Å². The van der Waals surface area contributed by atoms with E-state index in [1.54, 1.807) is 30.5 Å². The minimum absolute atomic E-state index is 0.0374. The van der Waals surface area contributed by atoms with E-state index in [0.717, 1.165) is 19.3 Å². The number of aryl methyl sites for hydroxylation is 1. The molecule has 4 rings (SSSR count). The Kier molecular flexibility index (Phi) is 4.48. The second-order valence-corrected chi connectivity index (χ2v) is 6.56. The number of fused-ring (bicyclic) bond motifs is 1. The zero-order chi connectivity index (χ0) is 17.9. The third kappa shape index (κ3) is 3.36. The van der Waals surface area contributed by atoms with Crippen LogP contribution >= 0.6 is 0 Å². The molecule has 0 saturated carbocycles. The van der Waals surface area contributed by atoms with Crippen molar-refractivity contribution in [1.82, 2.24) is 10.3 Å². The molecule has 1 aliphatic carbocycles. The lowest BCUT2D eigenvalue weighted by molar-refractivity contribution is 0.0932. The van der Waals surface area contributed by atoms with Gasteiger partial charge in [0, 0.05) is 11.8 Å². The standard InChI is InChI=1S/C22H19FN2O/c23-18-8-3-7-16(13-18)20-12-11-17(14-24-20)22(26)25-21-10-4-6-15-5-1-2-9-19(15)21/h1-3,5,7-9,11-14,21H,4,6,10H2,(H,25,26). The van der Waals surface area contributed by atoms with Gasteiger partial charge in [-0.25, -0.2) is 4.39 Å². The average molecular weight is 346 g/mol. The summed E-state index contributed by atoms with van der Waals surface area (Å²) in [7, 11) is 0. The van der Waals surface area contributed by atoms with Gasteiger partial charge in [0.15, 0.2) is 0 Å². The molecule has 130 valence electrons. The van der Waals surface area contributed by atoms with Gasteiger partial charge in [-0.1, -0.05) is 36.4 Å². The molecule has 0 aliphatic heterocycles. The number of aromatic nitrogens is 1. The van der Waals surface area contributed by atoms with Crippen molar-refractivity contribution in [2.45, 2.75) is 25.3 Å². The van der Waals surface area contributed by atoms with E-state index >= 15 is 0 Å². The van der Waals surface area contributed by atoms with E-state index < -0.39 is 0 Å². The Morgan fingerprint density at radius 2 is 1.96 bits per heavy atom. The molecule has 0 radical (unpaired) electrons. The molecule has 1 amide bonds. The van der Waals surface area contributed by atoms with Gasteiger partial charge in [0.05, 0.1) is 17.3 Å². The molecule has 0 saturated heterocycles. The first-order chi connectivity index (χ1) is 12.7. The largest absolute Gasteiger partial charge is 0.345 e. The second-order valence-electron chi connectivity index (χ2n) is 6.56. The van der Waals surface area contributed by atoms with Crippen molar-refractivity contribution in [3.8, 4) is 11.3 Å². The van der Waals surface area contributed by atoms with Crippen LogP contribution in [0.15, 0.2) is 66.9 Å². The number of carbonyl (C=O) groups is 1. The molecule has 1 aliphatic rings. The lowest BCUT2D eigenvalue weighted by atomic mass is 9.87. The van der Waals surface area contributed by atoms with Gasteiger partial charge in [-0.2, -0.15) is 0 Å². The fourth-order valence-electron chi connectivity index (χ4n) is 3.49. The van der Waals surface area contributed by atoms with E-state index in [1.165, 1.54) is 23.3 Å². The molecule has 1 N–H and O–H groups in total. The van der Waals surface area contributed by atoms with Gasteiger partial charge in [0.1, 0.15) is 5.82 Å². The third-order valence-electron chi connectivity index (χ3n) is 4.82. The van der Waals surface area contributed by atoms with E-state index in [4.69, 9.17) is 0 Å². The highest BCUT2D eigenvalue weighted by Crippen LogP contribution is 2.29. The summed E-state index contributed by atoms with van der Waals surface area (Å²) in [5, 5.41) is 3.12. The monoisotopic (exact) mass is 346 g/mol. The number of nitrogens with one attached hydrogen (secondary N) is 1. The van der Waals surface area contributed by atoms with E-state index in [-0.39, 0.29) is 17.8 Å². The average Bonchev–Trinajstić information content (AvgIpc) is 2.68. The van der Waals surface area contributed by atoms with Gasteiger partial charge < -0.3 is 5.32 Å². The lowest BCUT2D eigenvalue weighted by Crippen LogP contribution is -2.31. The fourth-order valence-corrected chi connectivity index (χ4v) is 3.49. The number of nitrogens with zero attached hydrogens (tertiary/aromatic N) is 1. The quantitative estimate of drug-likeness (QED) is 0.747. The minimum Gasteiger partial charge on any atom is -0.345 e. The summed E-state index contributed by atoms with van der Waals surface area (Å²) in [5.41, 5.74) is 4.36. The van der Waals surface area contributed by atoms with E-state index in [1.807, 2.05) is 12.1 Å². The number of halogens is 1. The highest BCUT2D eigenvalue weighted by Gasteiger charge is 2.22. The molecular formula is C22H19FN2O. The maximum absolute atomic E-state index is 13.4. The second kappa shape index (κ2) is 7.08. The highest BCUT2D eigenvalue weighted by atomic mass is 19.1. The van der Waals surface area contributed by atoms with Crippen molar-refractivity contribution in [2.24, 2.45) is 0 Å². The number of hydrogen-bond acceptors (Lipinski definition) is 2. The number of benzene rings is 2. The first kappa shape index (κ1) is 16.5. The Balaban J connectivity index is 1.51. The normalized spacial score (nSPS) is 16.0. The molecular weight excluding hydrogens is 327 g/mol. The molecule has 1 atom stereocenters. The van der Waals surface area contributed by atoms with E-state index in [2.05, 4.69) is 22.4 Å². The van der Waals surface area contributed by atoms with Crippen LogP contribution in [0, 0.1) is 5.82 Å². The number of amides is 1. The molecule has 2 aromatic carbocycles. The zero-order valence-corrected chi connectivity index (χ0v) is 14.3. The minimum atomic E-state index is -0.304. The van der Waals surface area contributed by atoms with Gasteiger partial charge in [0.25, 0.3) is 5.91 Å². The van der Waals surface area contributed by atoms with Gasteiger partial charge in [0.2, 0.25) is 0 Å². The van der Waals surface area contributed by atoms with Crippen LogP contribution in [-0.2, 0) is 6.42 Å². The zero-order valence-electron chi connectivity index (χ0n) is 14.3.